The highest BCUT2D eigenvalue weighted by Gasteiger charge is 2.65. The van der Waals surface area contributed by atoms with Gasteiger partial charge in [0.2, 0.25) is 0 Å². The summed E-state index contributed by atoms with van der Waals surface area (Å²) < 4.78 is 0. The van der Waals surface area contributed by atoms with E-state index in [9.17, 15) is 15.0 Å². The van der Waals surface area contributed by atoms with Crippen LogP contribution in [0.3, 0.4) is 0 Å². The first-order valence-corrected chi connectivity index (χ1v) is 8.24. The minimum atomic E-state index is -0.483. The van der Waals surface area contributed by atoms with Gasteiger partial charge in [-0.25, -0.2) is 0 Å². The molecule has 7 atom stereocenters. The van der Waals surface area contributed by atoms with E-state index in [2.05, 4.69) is 4.90 Å². The number of piperidine rings is 1. The standard InChI is InChI=1S/C16H25NO3/c18-9-10-7-14-16-4-2-6-17(14)5-1-3-11(16)13(19)8-12(16)15(10)20/h10-12,14-15,18,20H,1-9H2/t10-,11-,12-,14?,15+,16-/m1/s1. The summed E-state index contributed by atoms with van der Waals surface area (Å²) >= 11 is 0. The third-order valence-electron chi connectivity index (χ3n) is 6.86. The van der Waals surface area contributed by atoms with Crippen molar-refractivity contribution < 1.29 is 15.0 Å². The molecule has 2 saturated carbocycles. The Morgan fingerprint density at radius 3 is 2.90 bits per heavy atom. The number of ketones is 1. The Hall–Kier alpha value is -0.450. The lowest BCUT2D eigenvalue weighted by molar-refractivity contribution is -0.142. The molecule has 112 valence electrons. The van der Waals surface area contributed by atoms with Crippen molar-refractivity contribution in [3.05, 3.63) is 0 Å². The van der Waals surface area contributed by atoms with Crippen LogP contribution in [-0.4, -0.2) is 52.7 Å². The average Bonchev–Trinajstić information content (AvgIpc) is 2.68. The molecule has 0 radical (unpaired) electrons. The molecule has 2 aliphatic carbocycles. The van der Waals surface area contributed by atoms with Gasteiger partial charge < -0.3 is 10.2 Å². The van der Waals surface area contributed by atoms with Crippen molar-refractivity contribution in [2.45, 2.75) is 50.7 Å². The molecule has 2 unspecified atom stereocenters. The fourth-order valence-corrected chi connectivity index (χ4v) is 6.14. The van der Waals surface area contributed by atoms with Gasteiger partial charge in [0.15, 0.2) is 0 Å². The zero-order valence-electron chi connectivity index (χ0n) is 12.0. The van der Waals surface area contributed by atoms with E-state index in [4.69, 9.17) is 0 Å². The van der Waals surface area contributed by atoms with Crippen LogP contribution in [0.25, 0.3) is 0 Å². The summed E-state index contributed by atoms with van der Waals surface area (Å²) in [5, 5.41) is 20.3. The SMILES string of the molecule is O=C1C[C@@H]2[C@@H](O)[C@@H](CO)CC3N4CCC[C@H]1[C@@]32CCC4. The molecule has 2 N–H and O–H groups in total. The van der Waals surface area contributed by atoms with Crippen LogP contribution in [-0.2, 0) is 4.79 Å². The second-order valence-electron chi connectivity index (χ2n) is 7.41. The summed E-state index contributed by atoms with van der Waals surface area (Å²) in [7, 11) is 0. The van der Waals surface area contributed by atoms with Gasteiger partial charge >= 0.3 is 0 Å². The number of hydrogen-bond donors (Lipinski definition) is 2. The van der Waals surface area contributed by atoms with E-state index >= 15 is 0 Å². The van der Waals surface area contributed by atoms with Crippen LogP contribution in [0.15, 0.2) is 0 Å². The first-order valence-electron chi connectivity index (χ1n) is 8.24. The van der Waals surface area contributed by atoms with Gasteiger partial charge in [0.1, 0.15) is 5.78 Å². The summed E-state index contributed by atoms with van der Waals surface area (Å²) in [4.78, 5) is 15.1. The molecule has 2 bridgehead atoms. The lowest BCUT2D eigenvalue weighted by Gasteiger charge is -2.58. The van der Waals surface area contributed by atoms with Crippen LogP contribution in [0.2, 0.25) is 0 Å². The Bertz CT molecular complexity index is 426. The van der Waals surface area contributed by atoms with E-state index in [1.807, 2.05) is 0 Å². The fourth-order valence-electron chi connectivity index (χ4n) is 6.14. The zero-order chi connectivity index (χ0) is 13.9. The first-order chi connectivity index (χ1) is 9.68. The maximum atomic E-state index is 12.5. The smallest absolute Gasteiger partial charge is 0.137 e. The van der Waals surface area contributed by atoms with Crippen molar-refractivity contribution in [2.24, 2.45) is 23.2 Å². The number of Topliss-reactive ketones (excluding diaryl/α,β-unsaturated/α-hetero) is 1. The summed E-state index contributed by atoms with van der Waals surface area (Å²) in [6, 6.07) is 0.417. The lowest BCUT2D eigenvalue weighted by Crippen LogP contribution is -2.62. The van der Waals surface area contributed by atoms with Gasteiger partial charge in [-0.2, -0.15) is 0 Å². The molecule has 1 spiro atoms. The molecular formula is C16H25NO3. The number of carbonyl (C=O) groups excluding carboxylic acids is 1. The number of hydrogen-bond acceptors (Lipinski definition) is 4. The number of aliphatic hydroxyl groups is 2. The maximum absolute atomic E-state index is 12.5. The van der Waals surface area contributed by atoms with Crippen LogP contribution in [0, 0.1) is 23.2 Å². The van der Waals surface area contributed by atoms with Crippen molar-refractivity contribution in [3.8, 4) is 0 Å². The van der Waals surface area contributed by atoms with E-state index in [0.29, 0.717) is 18.2 Å². The molecule has 0 aromatic carbocycles. The monoisotopic (exact) mass is 279 g/mol. The molecule has 2 saturated heterocycles. The highest BCUT2D eigenvalue weighted by Crippen LogP contribution is 2.62. The van der Waals surface area contributed by atoms with Crippen LogP contribution in [0.4, 0.5) is 0 Å². The Morgan fingerprint density at radius 1 is 1.30 bits per heavy atom. The Labute approximate surface area is 120 Å². The van der Waals surface area contributed by atoms with Gasteiger partial charge in [0.05, 0.1) is 6.10 Å². The van der Waals surface area contributed by atoms with Crippen LogP contribution in [0.1, 0.15) is 38.5 Å². The number of rotatable bonds is 1. The quantitative estimate of drug-likeness (QED) is 0.746. The molecule has 0 amide bonds. The maximum Gasteiger partial charge on any atom is 0.137 e. The third kappa shape index (κ3) is 1.50. The van der Waals surface area contributed by atoms with Crippen molar-refractivity contribution in [2.75, 3.05) is 19.7 Å². The fraction of sp³-hybridized carbons (Fsp3) is 0.938. The Balaban J connectivity index is 1.82. The van der Waals surface area contributed by atoms with E-state index in [0.717, 1.165) is 45.2 Å². The molecule has 0 aromatic rings. The van der Waals surface area contributed by atoms with Gasteiger partial charge in [-0.3, -0.25) is 9.69 Å². The molecule has 4 nitrogen and oxygen atoms in total. The zero-order valence-corrected chi connectivity index (χ0v) is 12.0. The van der Waals surface area contributed by atoms with Gasteiger partial charge in [-0.05, 0) is 51.1 Å². The molecule has 2 heterocycles. The van der Waals surface area contributed by atoms with E-state index < -0.39 is 6.10 Å². The molecule has 0 aromatic heterocycles. The van der Waals surface area contributed by atoms with Gasteiger partial charge in [0, 0.05) is 36.3 Å². The predicted octanol–water partition coefficient (Wildman–Crippen LogP) is 0.809. The van der Waals surface area contributed by atoms with Crippen molar-refractivity contribution >= 4 is 5.78 Å². The first kappa shape index (κ1) is 13.2. The highest BCUT2D eigenvalue weighted by atomic mass is 16.3. The number of carbonyl (C=O) groups is 1. The van der Waals surface area contributed by atoms with Crippen molar-refractivity contribution in [1.29, 1.82) is 0 Å². The van der Waals surface area contributed by atoms with E-state index in [1.165, 1.54) is 0 Å². The molecule has 4 fully saturated rings. The largest absolute Gasteiger partial charge is 0.396 e. The molecule has 4 rings (SSSR count). The van der Waals surface area contributed by atoms with Crippen molar-refractivity contribution in [3.63, 3.8) is 0 Å². The molecular weight excluding hydrogens is 254 g/mol. The average molecular weight is 279 g/mol. The summed E-state index contributed by atoms with van der Waals surface area (Å²) in [5.74, 6) is 0.624. The van der Waals surface area contributed by atoms with E-state index in [-0.39, 0.29) is 29.8 Å². The van der Waals surface area contributed by atoms with Crippen molar-refractivity contribution in [1.82, 2.24) is 4.90 Å². The molecule has 4 aliphatic rings. The van der Waals surface area contributed by atoms with Gasteiger partial charge in [-0.1, -0.05) is 0 Å². The normalized spacial score (nSPS) is 54.4. The molecule has 20 heavy (non-hydrogen) atoms. The minimum Gasteiger partial charge on any atom is -0.396 e. The Morgan fingerprint density at radius 2 is 2.10 bits per heavy atom. The number of aliphatic hydroxyl groups excluding tert-OH is 2. The molecule has 2 aliphatic heterocycles. The Kier molecular flexibility index (Phi) is 2.99. The minimum absolute atomic E-state index is 0.0247. The second-order valence-corrected chi connectivity index (χ2v) is 7.41. The van der Waals surface area contributed by atoms with Crippen LogP contribution < -0.4 is 0 Å². The number of nitrogens with zero attached hydrogens (tertiary/aromatic N) is 1. The second kappa shape index (κ2) is 4.52. The van der Waals surface area contributed by atoms with Gasteiger partial charge in [0.25, 0.3) is 0 Å². The van der Waals surface area contributed by atoms with Crippen LogP contribution >= 0.6 is 0 Å². The lowest BCUT2D eigenvalue weighted by atomic mass is 9.54. The highest BCUT2D eigenvalue weighted by molar-refractivity contribution is 5.85. The van der Waals surface area contributed by atoms with Gasteiger partial charge in [-0.15, -0.1) is 0 Å². The predicted molar refractivity (Wildman–Crippen MR) is 74.1 cm³/mol. The summed E-state index contributed by atoms with van der Waals surface area (Å²) in [5.41, 5.74) is 0.0247. The summed E-state index contributed by atoms with van der Waals surface area (Å²) in [6.07, 6.45) is 5.32. The van der Waals surface area contributed by atoms with E-state index in [1.54, 1.807) is 0 Å². The summed E-state index contributed by atoms with van der Waals surface area (Å²) in [6.45, 7) is 2.28. The molecule has 4 heteroatoms. The third-order valence-corrected chi connectivity index (χ3v) is 6.86. The van der Waals surface area contributed by atoms with Crippen LogP contribution in [0.5, 0.6) is 0 Å². The topological polar surface area (TPSA) is 60.8 Å².